The van der Waals surface area contributed by atoms with E-state index in [1.165, 1.54) is 0 Å². The number of nitrogens with two attached hydrogens (primary N) is 1. The van der Waals surface area contributed by atoms with Crippen LogP contribution in [0.3, 0.4) is 0 Å². The molecule has 0 unspecified atom stereocenters. The summed E-state index contributed by atoms with van der Waals surface area (Å²) in [6.45, 7) is 0. The van der Waals surface area contributed by atoms with Gasteiger partial charge in [-0.3, -0.25) is 14.9 Å². The fourth-order valence-corrected chi connectivity index (χ4v) is 2.14. The fraction of sp³-hybridized carbons (Fsp3) is 0. The lowest BCUT2D eigenvalue weighted by Crippen LogP contribution is -2.10. The van der Waals surface area contributed by atoms with Crippen molar-refractivity contribution in [3.05, 3.63) is 52.1 Å². The summed E-state index contributed by atoms with van der Waals surface area (Å²) in [5.74, 6) is -0.276. The van der Waals surface area contributed by atoms with Crippen LogP contribution in [0, 0.1) is 10.1 Å². The van der Waals surface area contributed by atoms with Gasteiger partial charge in [-0.15, -0.1) is 0 Å². The molecule has 0 spiro atoms. The van der Waals surface area contributed by atoms with Gasteiger partial charge in [-0.1, -0.05) is 18.2 Å². The lowest BCUT2D eigenvalue weighted by molar-refractivity contribution is -0.380. The third-order valence-corrected chi connectivity index (χ3v) is 3.05. The Morgan fingerprint density at radius 3 is 2.56 bits per heavy atom. The van der Waals surface area contributed by atoms with Crippen molar-refractivity contribution in [2.24, 2.45) is 5.73 Å². The molecule has 0 saturated carbocycles. The van der Waals surface area contributed by atoms with E-state index in [0.29, 0.717) is 5.75 Å². The first-order chi connectivity index (χ1) is 8.58. The van der Waals surface area contributed by atoms with Gasteiger partial charge in [0.1, 0.15) is 11.3 Å². The number of carbonyl (C=O) groups excluding carboxylic acids is 1. The minimum absolute atomic E-state index is 0.00977. The number of nitrogens with zero attached hydrogens (tertiary/aromatic N) is 1. The highest BCUT2D eigenvalue weighted by Crippen LogP contribution is 2.38. The van der Waals surface area contributed by atoms with E-state index in [1.54, 1.807) is 30.3 Å². The van der Waals surface area contributed by atoms with E-state index < -0.39 is 10.8 Å². The predicted molar refractivity (Wildman–Crippen MR) is 66.0 cm³/mol. The van der Waals surface area contributed by atoms with Gasteiger partial charge in [0.15, 0.2) is 5.06 Å². The third-order valence-electron chi connectivity index (χ3n) is 2.08. The highest BCUT2D eigenvalue weighted by Gasteiger charge is 2.21. The normalized spacial score (nSPS) is 10.0. The third kappa shape index (κ3) is 2.46. The predicted octanol–water partition coefficient (Wildman–Crippen LogP) is 2.55. The average molecular weight is 264 g/mol. The maximum atomic E-state index is 11.2. The van der Waals surface area contributed by atoms with E-state index in [9.17, 15) is 14.9 Å². The van der Waals surface area contributed by atoms with Gasteiger partial charge in [-0.2, -0.15) is 0 Å². The van der Waals surface area contributed by atoms with Crippen LogP contribution in [0.2, 0.25) is 0 Å². The van der Waals surface area contributed by atoms with Crippen LogP contribution < -0.4 is 10.5 Å². The topological polar surface area (TPSA) is 95.5 Å². The number of thiophene rings is 1. The zero-order chi connectivity index (χ0) is 13.1. The number of amides is 1. The number of carbonyl (C=O) groups is 1. The maximum absolute atomic E-state index is 11.2. The molecule has 0 atom stereocenters. The number of rotatable bonds is 4. The number of benzene rings is 1. The standard InChI is InChI=1S/C11H8N2O4S/c12-10(14)8-6-9(13(15)16)18-11(8)17-7-4-2-1-3-5-7/h1-6H,(H2,12,14). The number of primary amides is 1. The molecule has 2 N–H and O–H groups in total. The van der Waals surface area contributed by atoms with Gasteiger partial charge in [0.05, 0.1) is 4.92 Å². The second-order valence-corrected chi connectivity index (χ2v) is 4.32. The van der Waals surface area contributed by atoms with Crippen LogP contribution in [-0.2, 0) is 0 Å². The molecule has 0 bridgehead atoms. The summed E-state index contributed by atoms with van der Waals surface area (Å²) in [7, 11) is 0. The number of para-hydroxylation sites is 1. The molecule has 0 aliphatic carbocycles. The molecule has 2 aromatic rings. The van der Waals surface area contributed by atoms with Crippen molar-refractivity contribution >= 4 is 22.2 Å². The van der Waals surface area contributed by atoms with Crippen molar-refractivity contribution in [3.63, 3.8) is 0 Å². The van der Waals surface area contributed by atoms with E-state index >= 15 is 0 Å². The highest BCUT2D eigenvalue weighted by molar-refractivity contribution is 7.17. The van der Waals surface area contributed by atoms with Gasteiger partial charge in [0.2, 0.25) is 0 Å². The molecular formula is C11H8N2O4S. The molecular weight excluding hydrogens is 256 g/mol. The Labute approximate surface area is 106 Å². The van der Waals surface area contributed by atoms with E-state index in [4.69, 9.17) is 10.5 Å². The summed E-state index contributed by atoms with van der Waals surface area (Å²) < 4.78 is 5.41. The van der Waals surface area contributed by atoms with Crippen LogP contribution in [0.15, 0.2) is 36.4 Å². The SMILES string of the molecule is NC(=O)c1cc([N+](=O)[O-])sc1Oc1ccccc1. The molecule has 0 fully saturated rings. The average Bonchev–Trinajstić information content (AvgIpc) is 2.74. The number of nitro groups is 1. The molecule has 1 aromatic heterocycles. The van der Waals surface area contributed by atoms with Gasteiger partial charge < -0.3 is 10.5 Å². The van der Waals surface area contributed by atoms with E-state index in [2.05, 4.69) is 0 Å². The van der Waals surface area contributed by atoms with Crippen molar-refractivity contribution < 1.29 is 14.5 Å². The Balaban J connectivity index is 2.37. The molecule has 7 heteroatoms. The molecule has 1 heterocycles. The zero-order valence-electron chi connectivity index (χ0n) is 9.03. The van der Waals surface area contributed by atoms with Crippen LogP contribution in [0.4, 0.5) is 5.00 Å². The summed E-state index contributed by atoms with van der Waals surface area (Å²) in [5.41, 5.74) is 5.16. The molecule has 0 aliphatic rings. The van der Waals surface area contributed by atoms with Crippen LogP contribution >= 0.6 is 11.3 Å². The lowest BCUT2D eigenvalue weighted by atomic mass is 10.3. The maximum Gasteiger partial charge on any atom is 0.328 e. The van der Waals surface area contributed by atoms with Gasteiger partial charge in [-0.05, 0) is 23.5 Å². The molecule has 0 saturated heterocycles. The van der Waals surface area contributed by atoms with Crippen molar-refractivity contribution in [2.75, 3.05) is 0 Å². The van der Waals surface area contributed by atoms with Crippen LogP contribution in [0.25, 0.3) is 0 Å². The number of hydrogen-bond donors (Lipinski definition) is 1. The Morgan fingerprint density at radius 1 is 1.33 bits per heavy atom. The molecule has 18 heavy (non-hydrogen) atoms. The largest absolute Gasteiger partial charge is 0.446 e. The Bertz CT molecular complexity index is 594. The Morgan fingerprint density at radius 2 is 2.00 bits per heavy atom. The van der Waals surface area contributed by atoms with Gasteiger partial charge in [0.25, 0.3) is 5.91 Å². The minimum Gasteiger partial charge on any atom is -0.446 e. The molecule has 1 aromatic carbocycles. The van der Waals surface area contributed by atoms with Crippen LogP contribution in [-0.4, -0.2) is 10.8 Å². The quantitative estimate of drug-likeness (QED) is 0.678. The van der Waals surface area contributed by atoms with Crippen LogP contribution in [0.1, 0.15) is 10.4 Å². The van der Waals surface area contributed by atoms with Crippen molar-refractivity contribution in [1.29, 1.82) is 0 Å². The molecule has 0 aliphatic heterocycles. The molecule has 1 amide bonds. The summed E-state index contributed by atoms with van der Waals surface area (Å²) >= 11 is 0.769. The molecule has 2 rings (SSSR count). The second kappa shape index (κ2) is 4.84. The molecule has 0 radical (unpaired) electrons. The fourth-order valence-electron chi connectivity index (χ4n) is 1.29. The summed E-state index contributed by atoms with van der Waals surface area (Å²) in [4.78, 5) is 21.2. The summed E-state index contributed by atoms with van der Waals surface area (Å²) in [6, 6.07) is 9.78. The monoisotopic (exact) mass is 264 g/mol. The number of ether oxygens (including phenoxy) is 1. The Kier molecular flexibility index (Phi) is 3.24. The smallest absolute Gasteiger partial charge is 0.328 e. The summed E-state index contributed by atoms with van der Waals surface area (Å²) in [5, 5.41) is 10.6. The first-order valence-electron chi connectivity index (χ1n) is 4.89. The second-order valence-electron chi connectivity index (χ2n) is 3.32. The van der Waals surface area contributed by atoms with Crippen molar-refractivity contribution in [3.8, 4) is 10.8 Å². The van der Waals surface area contributed by atoms with Crippen LogP contribution in [0.5, 0.6) is 10.8 Å². The Hall–Kier alpha value is -2.41. The van der Waals surface area contributed by atoms with Gasteiger partial charge >= 0.3 is 5.00 Å². The highest BCUT2D eigenvalue weighted by atomic mass is 32.1. The molecule has 92 valence electrons. The lowest BCUT2D eigenvalue weighted by Gasteiger charge is -2.03. The summed E-state index contributed by atoms with van der Waals surface area (Å²) in [6.07, 6.45) is 0. The minimum atomic E-state index is -0.759. The first-order valence-corrected chi connectivity index (χ1v) is 5.70. The van der Waals surface area contributed by atoms with Gasteiger partial charge in [-0.25, -0.2) is 0 Å². The zero-order valence-corrected chi connectivity index (χ0v) is 9.85. The van der Waals surface area contributed by atoms with Gasteiger partial charge in [0, 0.05) is 6.07 Å². The van der Waals surface area contributed by atoms with Crippen molar-refractivity contribution in [2.45, 2.75) is 0 Å². The van der Waals surface area contributed by atoms with E-state index in [-0.39, 0.29) is 15.6 Å². The van der Waals surface area contributed by atoms with E-state index in [0.717, 1.165) is 17.4 Å². The molecule has 6 nitrogen and oxygen atoms in total. The van der Waals surface area contributed by atoms with E-state index in [1.807, 2.05) is 0 Å². The van der Waals surface area contributed by atoms with Crippen molar-refractivity contribution in [1.82, 2.24) is 0 Å². The first kappa shape index (κ1) is 12.1. The number of hydrogen-bond acceptors (Lipinski definition) is 5.